The number of nitrogens with two attached hydrogens (primary N) is 1. The average Bonchev–Trinajstić information content (AvgIpc) is 2.48. The molecule has 1 aromatic rings. The van der Waals surface area contributed by atoms with Gasteiger partial charge in [0.25, 0.3) is 0 Å². The molecule has 0 saturated carbocycles. The predicted molar refractivity (Wildman–Crippen MR) is 77.8 cm³/mol. The third kappa shape index (κ3) is 4.23. The lowest BCUT2D eigenvalue weighted by Gasteiger charge is -2.31. The summed E-state index contributed by atoms with van der Waals surface area (Å²) in [7, 11) is -3.62. The Labute approximate surface area is 124 Å². The molecule has 0 aromatic heterocycles. The smallest absolute Gasteiger partial charge is 0.243 e. The van der Waals surface area contributed by atoms with Gasteiger partial charge in [0.15, 0.2) is 0 Å². The fraction of sp³-hybridized carbons (Fsp3) is 0.571. The summed E-state index contributed by atoms with van der Waals surface area (Å²) in [5.74, 6) is -0.545. The van der Waals surface area contributed by atoms with Crippen LogP contribution in [0.5, 0.6) is 0 Å². The molecule has 2 rings (SSSR count). The number of rotatable bonds is 6. The van der Waals surface area contributed by atoms with Crippen LogP contribution in [0, 0.1) is 5.82 Å². The molecule has 0 bridgehead atoms. The molecule has 1 aliphatic heterocycles. The molecule has 0 spiro atoms. The molecule has 1 saturated heterocycles. The quantitative estimate of drug-likeness (QED) is 0.804. The van der Waals surface area contributed by atoms with Crippen molar-refractivity contribution in [2.75, 3.05) is 26.2 Å². The van der Waals surface area contributed by atoms with Crippen LogP contribution >= 0.6 is 0 Å². The van der Waals surface area contributed by atoms with E-state index in [1.807, 2.05) is 0 Å². The first-order valence-electron chi connectivity index (χ1n) is 7.11. The van der Waals surface area contributed by atoms with Crippen LogP contribution in [0.4, 0.5) is 4.39 Å². The number of benzene rings is 1. The molecule has 0 radical (unpaired) electrons. The van der Waals surface area contributed by atoms with E-state index in [1.165, 1.54) is 22.5 Å². The van der Waals surface area contributed by atoms with Crippen LogP contribution in [-0.4, -0.2) is 45.1 Å². The lowest BCUT2D eigenvalue weighted by atomic mass is 10.1. The van der Waals surface area contributed by atoms with E-state index in [-0.39, 0.29) is 11.0 Å². The van der Waals surface area contributed by atoms with Gasteiger partial charge in [0.05, 0.1) is 11.0 Å². The standard InChI is InChI=1S/C14H21FN2O3S/c15-12-3-1-4-14(11-12)21(18,19)17-8-5-13(6-9-17)20-10-2-7-16/h1,3-4,11,13H,2,5-10,16H2. The number of ether oxygens (including phenoxy) is 1. The molecule has 0 atom stereocenters. The fourth-order valence-electron chi connectivity index (χ4n) is 2.35. The van der Waals surface area contributed by atoms with Gasteiger partial charge >= 0.3 is 0 Å². The van der Waals surface area contributed by atoms with Gasteiger partial charge in [-0.25, -0.2) is 12.8 Å². The first-order chi connectivity index (χ1) is 10.0. The minimum Gasteiger partial charge on any atom is -0.378 e. The Kier molecular flexibility index (Phi) is 5.69. The van der Waals surface area contributed by atoms with Gasteiger partial charge in [-0.05, 0) is 44.0 Å². The summed E-state index contributed by atoms with van der Waals surface area (Å²) in [6.45, 7) is 1.99. The average molecular weight is 316 g/mol. The summed E-state index contributed by atoms with van der Waals surface area (Å²) in [6, 6.07) is 5.11. The zero-order valence-corrected chi connectivity index (χ0v) is 12.7. The highest BCUT2D eigenvalue weighted by Crippen LogP contribution is 2.22. The summed E-state index contributed by atoms with van der Waals surface area (Å²) >= 11 is 0. The van der Waals surface area contributed by atoms with Gasteiger partial charge in [0, 0.05) is 19.7 Å². The Balaban J connectivity index is 1.95. The lowest BCUT2D eigenvalue weighted by molar-refractivity contribution is 0.0209. The van der Waals surface area contributed by atoms with Crippen molar-refractivity contribution < 1.29 is 17.5 Å². The first-order valence-corrected chi connectivity index (χ1v) is 8.55. The van der Waals surface area contributed by atoms with E-state index in [4.69, 9.17) is 10.5 Å². The molecular weight excluding hydrogens is 295 g/mol. The van der Waals surface area contributed by atoms with E-state index >= 15 is 0 Å². The van der Waals surface area contributed by atoms with E-state index in [2.05, 4.69) is 0 Å². The molecule has 1 aromatic carbocycles. The topological polar surface area (TPSA) is 72.6 Å². The van der Waals surface area contributed by atoms with E-state index in [1.54, 1.807) is 0 Å². The second-order valence-corrected chi connectivity index (χ2v) is 7.01. The molecule has 1 aliphatic rings. The summed E-state index contributed by atoms with van der Waals surface area (Å²) in [4.78, 5) is 0.00463. The van der Waals surface area contributed by atoms with Gasteiger partial charge in [-0.1, -0.05) is 6.07 Å². The molecule has 21 heavy (non-hydrogen) atoms. The van der Waals surface area contributed by atoms with Gasteiger partial charge < -0.3 is 10.5 Å². The van der Waals surface area contributed by atoms with Crippen molar-refractivity contribution >= 4 is 10.0 Å². The fourth-order valence-corrected chi connectivity index (χ4v) is 3.85. The number of hydrogen-bond donors (Lipinski definition) is 1. The normalized spacial score (nSPS) is 18.0. The van der Waals surface area contributed by atoms with Gasteiger partial charge in [-0.3, -0.25) is 0 Å². The SMILES string of the molecule is NCCCOC1CCN(S(=O)(=O)c2cccc(F)c2)CC1. The van der Waals surface area contributed by atoms with Gasteiger partial charge in [0.2, 0.25) is 10.0 Å². The number of piperidine rings is 1. The van der Waals surface area contributed by atoms with Gasteiger partial charge in [0.1, 0.15) is 5.82 Å². The zero-order valence-electron chi connectivity index (χ0n) is 11.9. The highest BCUT2D eigenvalue weighted by Gasteiger charge is 2.29. The van der Waals surface area contributed by atoms with Crippen molar-refractivity contribution in [1.29, 1.82) is 0 Å². The Morgan fingerprint density at radius 2 is 2.05 bits per heavy atom. The minimum atomic E-state index is -3.62. The maximum Gasteiger partial charge on any atom is 0.243 e. The highest BCUT2D eigenvalue weighted by atomic mass is 32.2. The molecule has 2 N–H and O–H groups in total. The minimum absolute atomic E-state index is 0.00463. The van der Waals surface area contributed by atoms with E-state index in [9.17, 15) is 12.8 Å². The van der Waals surface area contributed by atoms with Crippen molar-refractivity contribution in [2.45, 2.75) is 30.3 Å². The van der Waals surface area contributed by atoms with Crippen LogP contribution in [-0.2, 0) is 14.8 Å². The van der Waals surface area contributed by atoms with Crippen molar-refractivity contribution in [3.8, 4) is 0 Å². The third-order valence-electron chi connectivity index (χ3n) is 3.54. The largest absolute Gasteiger partial charge is 0.378 e. The Bertz CT molecular complexity index is 557. The summed E-state index contributed by atoms with van der Waals surface area (Å²) in [5, 5.41) is 0. The molecule has 0 unspecified atom stereocenters. The molecule has 118 valence electrons. The van der Waals surface area contributed by atoms with E-state index < -0.39 is 15.8 Å². The summed E-state index contributed by atoms with van der Waals surface area (Å²) in [6.07, 6.45) is 2.19. The van der Waals surface area contributed by atoms with Crippen LogP contribution in [0.15, 0.2) is 29.2 Å². The molecule has 0 aliphatic carbocycles. The van der Waals surface area contributed by atoms with Crippen LogP contribution in [0.25, 0.3) is 0 Å². The molecular formula is C14H21FN2O3S. The number of nitrogens with zero attached hydrogens (tertiary/aromatic N) is 1. The van der Waals surface area contributed by atoms with Gasteiger partial charge in [-0.15, -0.1) is 0 Å². The number of sulfonamides is 1. The van der Waals surface area contributed by atoms with Crippen molar-refractivity contribution in [2.24, 2.45) is 5.73 Å². The summed E-state index contributed by atoms with van der Waals surface area (Å²) < 4.78 is 45.0. The van der Waals surface area contributed by atoms with E-state index in [0.717, 1.165) is 12.5 Å². The van der Waals surface area contributed by atoms with Crippen LogP contribution in [0.3, 0.4) is 0 Å². The summed E-state index contributed by atoms with van der Waals surface area (Å²) in [5.41, 5.74) is 5.40. The van der Waals surface area contributed by atoms with E-state index in [0.29, 0.717) is 39.1 Å². The highest BCUT2D eigenvalue weighted by molar-refractivity contribution is 7.89. The van der Waals surface area contributed by atoms with Crippen LogP contribution in [0.1, 0.15) is 19.3 Å². The second kappa shape index (κ2) is 7.31. The molecule has 1 heterocycles. The van der Waals surface area contributed by atoms with Gasteiger partial charge in [-0.2, -0.15) is 4.31 Å². The van der Waals surface area contributed by atoms with Crippen molar-refractivity contribution in [1.82, 2.24) is 4.31 Å². The first kappa shape index (κ1) is 16.4. The number of hydrogen-bond acceptors (Lipinski definition) is 4. The predicted octanol–water partition coefficient (Wildman–Crippen LogP) is 1.34. The van der Waals surface area contributed by atoms with Crippen LogP contribution < -0.4 is 5.73 Å². The number of halogens is 1. The lowest BCUT2D eigenvalue weighted by Crippen LogP contribution is -2.41. The third-order valence-corrected chi connectivity index (χ3v) is 5.43. The molecule has 5 nitrogen and oxygen atoms in total. The maximum atomic E-state index is 13.2. The molecule has 7 heteroatoms. The monoisotopic (exact) mass is 316 g/mol. The van der Waals surface area contributed by atoms with Crippen molar-refractivity contribution in [3.05, 3.63) is 30.1 Å². The molecule has 0 amide bonds. The molecule has 1 fully saturated rings. The Morgan fingerprint density at radius 3 is 2.67 bits per heavy atom. The Morgan fingerprint density at radius 1 is 1.33 bits per heavy atom. The Hall–Kier alpha value is -1.02. The second-order valence-electron chi connectivity index (χ2n) is 5.07. The zero-order chi connectivity index (χ0) is 15.3. The maximum absolute atomic E-state index is 13.2. The van der Waals surface area contributed by atoms with Crippen LogP contribution in [0.2, 0.25) is 0 Å². The van der Waals surface area contributed by atoms with Crippen molar-refractivity contribution in [3.63, 3.8) is 0 Å².